The lowest BCUT2D eigenvalue weighted by Crippen LogP contribution is -2.45. The fourth-order valence-corrected chi connectivity index (χ4v) is 0.717. The van der Waals surface area contributed by atoms with E-state index in [0.29, 0.717) is 5.75 Å². The second-order valence-electron chi connectivity index (χ2n) is 2.40. The van der Waals surface area contributed by atoms with E-state index in [-0.39, 0.29) is 24.8 Å². The van der Waals surface area contributed by atoms with Gasteiger partial charge < -0.3 is 21.3 Å². The Bertz CT molecular complexity index is 234. The molecule has 0 saturated carbocycles. The second kappa shape index (κ2) is 7.84. The molecule has 6 heteroatoms. The first-order valence-electron chi connectivity index (χ1n) is 3.61. The summed E-state index contributed by atoms with van der Waals surface area (Å²) < 4.78 is 4.98. The highest BCUT2D eigenvalue weighted by Gasteiger charge is 2.10. The molecule has 0 aliphatic heterocycles. The molecule has 1 aromatic carbocycles. The Morgan fingerprint density at radius 2 is 1.57 bits per heavy atom. The van der Waals surface area contributed by atoms with Crippen LogP contribution >= 0.6 is 24.8 Å². The third kappa shape index (κ3) is 5.26. The van der Waals surface area contributed by atoms with Crippen molar-refractivity contribution in [1.82, 2.24) is 0 Å². The molecule has 0 saturated heterocycles. The van der Waals surface area contributed by atoms with E-state index >= 15 is 0 Å². The molecule has 82 valence electrons. The summed E-state index contributed by atoms with van der Waals surface area (Å²) in [5.74, 6) is 0.547. The van der Waals surface area contributed by atoms with Crippen molar-refractivity contribution in [3.05, 3.63) is 30.3 Å². The Balaban J connectivity index is 0. The van der Waals surface area contributed by atoms with Crippen LogP contribution in [0.1, 0.15) is 0 Å². The van der Waals surface area contributed by atoms with Gasteiger partial charge >= 0.3 is 0 Å². The van der Waals surface area contributed by atoms with Gasteiger partial charge in [-0.25, -0.2) is 0 Å². The molecule has 0 heterocycles. The molecule has 5 N–H and O–H groups in total. The summed E-state index contributed by atoms with van der Waals surface area (Å²) in [5.41, 5.74) is 10.4. The number of aliphatic hydroxyl groups excluding tert-OH is 1. The van der Waals surface area contributed by atoms with Gasteiger partial charge in [0.05, 0.1) is 0 Å². The number of rotatable bonds is 3. The number of ether oxygens (including phenoxy) is 1. The van der Waals surface area contributed by atoms with Crippen LogP contribution in [0.2, 0.25) is 0 Å². The zero-order valence-corrected chi connectivity index (χ0v) is 9.00. The first-order chi connectivity index (χ1) is 5.70. The van der Waals surface area contributed by atoms with Crippen molar-refractivity contribution in [2.45, 2.75) is 12.5 Å². The van der Waals surface area contributed by atoms with E-state index in [9.17, 15) is 0 Å². The maximum absolute atomic E-state index is 9.11. The smallest absolute Gasteiger partial charge is 0.225 e. The number of benzene rings is 1. The third-order valence-electron chi connectivity index (χ3n) is 1.33. The molecule has 1 unspecified atom stereocenters. The molecule has 1 aromatic rings. The van der Waals surface area contributed by atoms with Crippen LogP contribution in [-0.4, -0.2) is 17.6 Å². The van der Waals surface area contributed by atoms with Crippen molar-refractivity contribution in [3.63, 3.8) is 0 Å². The number of aliphatic hydroxyl groups is 1. The maximum Gasteiger partial charge on any atom is 0.225 e. The van der Waals surface area contributed by atoms with Gasteiger partial charge in [-0.15, -0.1) is 24.8 Å². The lowest BCUT2D eigenvalue weighted by molar-refractivity contribution is -0.0347. The van der Waals surface area contributed by atoms with E-state index in [1.807, 2.05) is 6.07 Å². The van der Waals surface area contributed by atoms with Crippen LogP contribution in [0.25, 0.3) is 0 Å². The van der Waals surface area contributed by atoms with Crippen LogP contribution in [-0.2, 0) is 0 Å². The number of nitrogens with two attached hydrogens (primary N) is 2. The van der Waals surface area contributed by atoms with Gasteiger partial charge in [0.1, 0.15) is 11.9 Å². The standard InChI is InChI=1S/C8H12N2O2.2ClH/c9-7(10)8(11)12-6-4-2-1-3-5-6;;/h1-5,7-8,11H,9-10H2;2*1H. The highest BCUT2D eigenvalue weighted by molar-refractivity contribution is 5.85. The molecule has 0 aliphatic rings. The summed E-state index contributed by atoms with van der Waals surface area (Å²) in [6.07, 6.45) is -2.04. The molecule has 0 fully saturated rings. The van der Waals surface area contributed by atoms with Crippen LogP contribution in [0.15, 0.2) is 30.3 Å². The Labute approximate surface area is 95.1 Å². The fourth-order valence-electron chi connectivity index (χ4n) is 0.717. The predicted molar refractivity (Wildman–Crippen MR) is 59.7 cm³/mol. The lowest BCUT2D eigenvalue weighted by atomic mass is 10.3. The van der Waals surface area contributed by atoms with Crippen LogP contribution in [0.5, 0.6) is 5.75 Å². The molecule has 4 nitrogen and oxygen atoms in total. The highest BCUT2D eigenvalue weighted by Crippen LogP contribution is 2.09. The second-order valence-corrected chi connectivity index (χ2v) is 2.40. The van der Waals surface area contributed by atoms with Gasteiger partial charge in [-0.3, -0.25) is 0 Å². The SMILES string of the molecule is Cl.Cl.NC(N)C(O)Oc1ccccc1. The van der Waals surface area contributed by atoms with E-state index in [1.54, 1.807) is 24.3 Å². The van der Waals surface area contributed by atoms with Gasteiger partial charge in [-0.05, 0) is 12.1 Å². The molecule has 1 rings (SSSR count). The predicted octanol–water partition coefficient (Wildman–Crippen LogP) is 0.471. The number of halogens is 2. The van der Waals surface area contributed by atoms with E-state index in [0.717, 1.165) is 0 Å². The van der Waals surface area contributed by atoms with E-state index in [1.165, 1.54) is 0 Å². The molecule has 14 heavy (non-hydrogen) atoms. The van der Waals surface area contributed by atoms with Crippen molar-refractivity contribution in [2.75, 3.05) is 0 Å². The molecule has 0 spiro atoms. The monoisotopic (exact) mass is 240 g/mol. The minimum atomic E-state index is -1.16. The number of para-hydroxylation sites is 1. The summed E-state index contributed by atoms with van der Waals surface area (Å²) in [7, 11) is 0. The first-order valence-corrected chi connectivity index (χ1v) is 3.61. The van der Waals surface area contributed by atoms with Crippen molar-refractivity contribution >= 4 is 24.8 Å². The summed E-state index contributed by atoms with van der Waals surface area (Å²) in [5, 5.41) is 9.11. The Morgan fingerprint density at radius 3 is 2.00 bits per heavy atom. The maximum atomic E-state index is 9.11. The summed E-state index contributed by atoms with van der Waals surface area (Å²) in [6, 6.07) is 8.87. The Morgan fingerprint density at radius 1 is 1.07 bits per heavy atom. The van der Waals surface area contributed by atoms with Crippen LogP contribution in [0, 0.1) is 0 Å². The quantitative estimate of drug-likeness (QED) is 0.672. The molecular weight excluding hydrogens is 227 g/mol. The normalized spacial score (nSPS) is 11.1. The van der Waals surface area contributed by atoms with Crippen molar-refractivity contribution in [3.8, 4) is 5.75 Å². The molecule has 1 atom stereocenters. The fraction of sp³-hybridized carbons (Fsp3) is 0.250. The van der Waals surface area contributed by atoms with Gasteiger partial charge in [0.2, 0.25) is 6.29 Å². The van der Waals surface area contributed by atoms with Gasteiger partial charge in [-0.2, -0.15) is 0 Å². The summed E-state index contributed by atoms with van der Waals surface area (Å²) >= 11 is 0. The zero-order chi connectivity index (χ0) is 8.97. The summed E-state index contributed by atoms with van der Waals surface area (Å²) in [6.45, 7) is 0. The molecule has 0 bridgehead atoms. The summed E-state index contributed by atoms with van der Waals surface area (Å²) in [4.78, 5) is 0. The van der Waals surface area contributed by atoms with Crippen LogP contribution in [0.4, 0.5) is 0 Å². The van der Waals surface area contributed by atoms with Crippen molar-refractivity contribution < 1.29 is 9.84 Å². The lowest BCUT2D eigenvalue weighted by Gasteiger charge is -2.15. The van der Waals surface area contributed by atoms with E-state index in [2.05, 4.69) is 0 Å². The van der Waals surface area contributed by atoms with Gasteiger partial charge in [0.15, 0.2) is 0 Å². The Hall–Kier alpha value is -0.520. The largest absolute Gasteiger partial charge is 0.462 e. The van der Waals surface area contributed by atoms with Gasteiger partial charge in [-0.1, -0.05) is 18.2 Å². The first kappa shape index (κ1) is 15.9. The average Bonchev–Trinajstić information content (AvgIpc) is 2.06. The number of hydrogen-bond donors (Lipinski definition) is 3. The van der Waals surface area contributed by atoms with E-state index < -0.39 is 12.5 Å². The van der Waals surface area contributed by atoms with Gasteiger partial charge in [0.25, 0.3) is 0 Å². The molecule has 0 aromatic heterocycles. The van der Waals surface area contributed by atoms with Crippen molar-refractivity contribution in [2.24, 2.45) is 11.5 Å². The van der Waals surface area contributed by atoms with Crippen molar-refractivity contribution in [1.29, 1.82) is 0 Å². The van der Waals surface area contributed by atoms with Gasteiger partial charge in [0, 0.05) is 0 Å². The topological polar surface area (TPSA) is 81.5 Å². The van der Waals surface area contributed by atoms with Crippen LogP contribution < -0.4 is 16.2 Å². The minimum absolute atomic E-state index is 0. The minimum Gasteiger partial charge on any atom is -0.462 e. The van der Waals surface area contributed by atoms with E-state index in [4.69, 9.17) is 21.3 Å². The molecule has 0 aliphatic carbocycles. The van der Waals surface area contributed by atoms with Crippen LogP contribution in [0.3, 0.4) is 0 Å². The highest BCUT2D eigenvalue weighted by atomic mass is 35.5. The third-order valence-corrected chi connectivity index (χ3v) is 1.33. The zero-order valence-electron chi connectivity index (χ0n) is 7.37. The molecule has 0 radical (unpaired) electrons. The average molecular weight is 241 g/mol. The molecular formula is C8H14Cl2N2O2. The Kier molecular flexibility index (Phi) is 8.93. The molecule has 0 amide bonds. The number of hydrogen-bond acceptors (Lipinski definition) is 4.